The second-order valence-electron chi connectivity index (χ2n) is 33.5. The summed E-state index contributed by atoms with van der Waals surface area (Å²) in [4.78, 5) is 41.9. The third kappa shape index (κ3) is 134. The summed E-state index contributed by atoms with van der Waals surface area (Å²) in [6.45, 7) is 111. The number of allylic oxidation sites excluding steroid dienone is 4. The second kappa shape index (κ2) is 108. The molecule has 0 heterocycles. The summed E-state index contributed by atoms with van der Waals surface area (Å²) >= 11 is 0. The zero-order valence-electron chi connectivity index (χ0n) is 93.9. The van der Waals surface area contributed by atoms with E-state index in [1.807, 2.05) is 315 Å². The first-order valence-corrected chi connectivity index (χ1v) is 52.9. The average molecular weight is 2640 g/mol. The molecule has 0 spiro atoms. The molecule has 0 aliphatic rings. The summed E-state index contributed by atoms with van der Waals surface area (Å²) in [6.07, 6.45) is 13.1. The molecule has 0 fully saturated rings. The van der Waals surface area contributed by atoms with Gasteiger partial charge in [0.2, 0.25) is 0 Å². The molecule has 0 amide bonds. The standard InChI is InChI=1S/2C10H8.2C8H6.4C6H12O.2C6H6.4C5H12O2S.2C4H4.8C2H6.4W/c2*1-2-6-10-8-4-3-7-9(10)5-1;2*1-2-8-6-4-3-5-7-8;4*1-5(7)6(2,3)4;2*1-2-4-6-5-3-1;4*1-5(2,3)8(4,6)7;2*1-3-4-2;8*1-2;;;;/h2*1-8H;2*1-6H;4*1-4H3;2*1-6H;4*1-4H3;2*1-4H;8*1-2H3;;;;/q;;2*-2;;;;;;;;;;;2*-2;;;;;;;;;4*+2. The van der Waals surface area contributed by atoms with Gasteiger partial charge in [-0.05, 0) is 132 Å². The fraction of sp³-hybridized carbons (Fsp3) is 0.483. The summed E-state index contributed by atoms with van der Waals surface area (Å²) in [6, 6.07) is 78.4. The Morgan fingerprint density at radius 3 is 0.368 bits per heavy atom. The van der Waals surface area contributed by atoms with Gasteiger partial charge in [0, 0.05) is 46.7 Å². The molecule has 776 valence electrons. The van der Waals surface area contributed by atoms with Gasteiger partial charge in [0.15, 0.2) is 39.3 Å². The van der Waals surface area contributed by atoms with Crippen molar-refractivity contribution in [3.8, 4) is 0 Å². The van der Waals surface area contributed by atoms with Gasteiger partial charge < -0.3 is 87.1 Å². The van der Waals surface area contributed by atoms with Crippen LogP contribution in [0.3, 0.4) is 0 Å². The Balaban J connectivity index is -0.0000000581. The van der Waals surface area contributed by atoms with E-state index in [9.17, 15) is 52.8 Å². The largest absolute Gasteiger partial charge is 2.00 e. The van der Waals surface area contributed by atoms with Crippen LogP contribution in [0.5, 0.6) is 0 Å². The molecule has 136 heavy (non-hydrogen) atoms. The molecule has 0 saturated heterocycles. The van der Waals surface area contributed by atoms with Gasteiger partial charge in [0.1, 0.15) is 23.1 Å². The first kappa shape index (κ1) is 179. The van der Waals surface area contributed by atoms with E-state index < -0.39 is 58.3 Å². The molecule has 0 saturated carbocycles. The molecule has 8 aromatic carbocycles. The van der Waals surface area contributed by atoms with E-state index in [1.165, 1.54) is 83.0 Å². The first-order valence-electron chi connectivity index (χ1n) is 45.3. The zero-order chi connectivity index (χ0) is 109. The van der Waals surface area contributed by atoms with Crippen molar-refractivity contribution in [3.05, 3.63) is 305 Å². The number of carbonyl (C=O) groups excluding carboxylic acids is 4. The molecule has 0 N–H and O–H groups in total. The molecular weight excluding hydrogens is 2450 g/mol. The van der Waals surface area contributed by atoms with E-state index in [4.69, 9.17) is 39.5 Å². The second-order valence-corrected chi connectivity index (χ2v) is 44.6. The number of hydrogen-bond donors (Lipinski definition) is 0. The molecule has 0 bridgehead atoms. The number of benzene rings is 8. The molecule has 0 atom stereocenters. The Labute approximate surface area is 900 Å². The van der Waals surface area contributed by atoms with Crippen LogP contribution >= 0.6 is 0 Å². The van der Waals surface area contributed by atoms with Gasteiger partial charge in [-0.3, -0.25) is 19.2 Å². The minimum atomic E-state index is -2.84. The smallest absolute Gasteiger partial charge is 0.394 e. The van der Waals surface area contributed by atoms with E-state index in [0.717, 1.165) is 11.1 Å². The van der Waals surface area contributed by atoms with Crippen molar-refractivity contribution in [2.45, 2.75) is 324 Å². The summed E-state index contributed by atoms with van der Waals surface area (Å²) in [7, 11) is -11.4. The predicted molar refractivity (Wildman–Crippen MR) is 594 cm³/mol. The number of sulfone groups is 4. The van der Waals surface area contributed by atoms with Crippen LogP contribution in [0, 0.1) is 73.3 Å². The number of fused-ring (bicyclic) bond motifs is 2. The summed E-state index contributed by atoms with van der Waals surface area (Å²) < 4.78 is 82.9. The van der Waals surface area contributed by atoms with Gasteiger partial charge in [-0.25, -0.2) is 57.9 Å². The monoisotopic (exact) mass is 2640 g/mol. The van der Waals surface area contributed by atoms with Crippen LogP contribution in [-0.2, 0) is 143 Å². The SMILES string of the molecule is CC.CC.CC.CC.CC.CC.CC.CC.CC(=O)C(C)(C)C.CC(=O)C(C)(C)C.CC(=O)C(C)(C)C.CC(=O)C(C)(C)C.CC(C)(C)S(C)(=O)=O.CC(C)(C)S(C)(=O)=O.CC(C)(C)S(C)(=O)=O.CC(C)(C)S(C)(=O)=O.[CH-]=CC=[CH-].[CH-]=CC=[CH-].[CH-]=Cc1[c-]cccc1.[CH-]=Cc1[c-]cccc1.[W+2].[W+2].[W+2].[W+2].c1ccc2ccccc2c1.c1ccc2ccccc2c1.c1ccccc1.c1ccccc1. The Morgan fingerprint density at radius 1 is 0.221 bits per heavy atom. The van der Waals surface area contributed by atoms with Gasteiger partial charge in [0.05, 0.1) is 19.0 Å². The van der Waals surface area contributed by atoms with E-state index in [-0.39, 0.29) is 129 Å². The molecule has 0 aliphatic carbocycles. The van der Waals surface area contributed by atoms with Crippen LogP contribution in [-0.4, -0.2) is 101 Å². The van der Waals surface area contributed by atoms with Crippen molar-refractivity contribution in [2.75, 3.05) is 25.0 Å². The third-order valence-corrected chi connectivity index (χ3v) is 24.3. The predicted octanol–water partition coefficient (Wildman–Crippen LogP) is 32.9. The minimum Gasteiger partial charge on any atom is -0.394 e. The molecule has 0 aliphatic heterocycles. The van der Waals surface area contributed by atoms with Gasteiger partial charge in [0.25, 0.3) is 0 Å². The van der Waals surface area contributed by atoms with Gasteiger partial charge >= 0.3 is 84.3 Å². The number of Topliss-reactive ketones (excluding diaryl/α,β-unsaturated/α-hetero) is 4. The van der Waals surface area contributed by atoms with Crippen molar-refractivity contribution in [2.24, 2.45) is 21.7 Å². The van der Waals surface area contributed by atoms with Crippen LogP contribution < -0.4 is 0 Å². The Bertz CT molecular complexity index is 3860. The third-order valence-electron chi connectivity index (χ3n) is 15.4. The fourth-order valence-corrected chi connectivity index (χ4v) is 4.06. The Hall–Kier alpha value is -6.05. The summed E-state index contributed by atoms with van der Waals surface area (Å²) in [5, 5.41) is 5.24. The number of rotatable bonds is 4. The van der Waals surface area contributed by atoms with Crippen molar-refractivity contribution in [3.63, 3.8) is 0 Å². The number of hydrogen-bond acceptors (Lipinski definition) is 12. The maximum absolute atomic E-state index is 10.7. The molecule has 20 heteroatoms. The van der Waals surface area contributed by atoms with E-state index in [0.29, 0.717) is 0 Å². The maximum Gasteiger partial charge on any atom is 2.00 e. The van der Waals surface area contributed by atoms with Crippen molar-refractivity contribution < 1.29 is 137 Å². The quantitative estimate of drug-likeness (QED) is 0.119. The number of ketones is 4. The van der Waals surface area contributed by atoms with Crippen LogP contribution in [0.2, 0.25) is 0 Å². The Kier molecular flexibility index (Phi) is 142. The first-order chi connectivity index (χ1) is 60.4. The average Bonchev–Trinajstić information content (AvgIpc) is 0.891. The molecule has 8 aromatic rings. The maximum atomic E-state index is 10.7. The Morgan fingerprint density at radius 2 is 0.316 bits per heavy atom. The normalized spacial score (nSPS) is 9.47. The number of carbonyl (C=O) groups is 4. The van der Waals surface area contributed by atoms with E-state index in [1.54, 1.807) is 111 Å². The summed E-state index contributed by atoms with van der Waals surface area (Å²) in [5.74, 6) is 0.972. The van der Waals surface area contributed by atoms with Crippen LogP contribution in [0.4, 0.5) is 0 Å². The van der Waals surface area contributed by atoms with Crippen molar-refractivity contribution >= 4 is 96.2 Å². The van der Waals surface area contributed by atoms with Crippen molar-refractivity contribution in [1.82, 2.24) is 0 Å². The molecule has 0 unspecified atom stereocenters. The van der Waals surface area contributed by atoms with Crippen LogP contribution in [0.15, 0.2) is 243 Å². The molecule has 0 radical (unpaired) electrons. The van der Waals surface area contributed by atoms with E-state index in [2.05, 4.69) is 109 Å². The van der Waals surface area contributed by atoms with Crippen molar-refractivity contribution in [1.29, 1.82) is 0 Å². The van der Waals surface area contributed by atoms with Crippen LogP contribution in [0.25, 0.3) is 33.7 Å². The van der Waals surface area contributed by atoms with Crippen LogP contribution in [0.1, 0.15) is 316 Å². The fourth-order valence-electron chi connectivity index (χ4n) is 4.06. The van der Waals surface area contributed by atoms with Gasteiger partial charge in [-0.2, -0.15) is 24.3 Å². The van der Waals surface area contributed by atoms with Gasteiger partial charge in [-0.1, -0.05) is 364 Å². The van der Waals surface area contributed by atoms with E-state index >= 15 is 0 Å². The molecular formula is C116H192O12S4W4. The molecule has 12 nitrogen and oxygen atoms in total. The molecule has 0 aromatic heterocycles. The molecule has 8 rings (SSSR count). The van der Waals surface area contributed by atoms with Gasteiger partial charge in [-0.15, -0.1) is 12.1 Å². The topological polar surface area (TPSA) is 205 Å². The minimum absolute atomic E-state index is 0. The zero-order valence-corrected chi connectivity index (χ0v) is 109. The summed E-state index contributed by atoms with van der Waals surface area (Å²) in [5.41, 5.74) is 1.32.